The molecule has 2 atom stereocenters. The molecule has 21 heavy (non-hydrogen) atoms. The van der Waals surface area contributed by atoms with Gasteiger partial charge in [0.2, 0.25) is 0 Å². The molecule has 2 heteroatoms. The number of hydrogen-bond acceptors (Lipinski definition) is 2. The monoisotopic (exact) mass is 276 g/mol. The first kappa shape index (κ1) is 12.6. The number of aliphatic hydroxyl groups is 2. The van der Waals surface area contributed by atoms with Gasteiger partial charge in [0.05, 0.1) is 0 Å². The summed E-state index contributed by atoms with van der Waals surface area (Å²) >= 11 is 0. The Hall–Kier alpha value is -2.16. The van der Waals surface area contributed by atoms with E-state index in [0.29, 0.717) is 0 Å². The van der Waals surface area contributed by atoms with E-state index in [1.54, 1.807) is 6.08 Å². The molecule has 3 aromatic rings. The van der Waals surface area contributed by atoms with Crippen molar-refractivity contribution in [2.75, 3.05) is 0 Å². The van der Waals surface area contributed by atoms with Crippen molar-refractivity contribution in [1.82, 2.24) is 0 Å². The summed E-state index contributed by atoms with van der Waals surface area (Å²) in [7, 11) is 0. The van der Waals surface area contributed by atoms with Gasteiger partial charge in [0, 0.05) is 0 Å². The molecule has 0 heterocycles. The number of aryl methyl sites for hydroxylation is 1. The third-order valence-corrected chi connectivity index (χ3v) is 4.39. The highest BCUT2D eigenvalue weighted by atomic mass is 16.3. The van der Waals surface area contributed by atoms with Crippen molar-refractivity contribution in [3.8, 4) is 0 Å². The first-order chi connectivity index (χ1) is 10.1. The fourth-order valence-electron chi connectivity index (χ4n) is 3.25. The summed E-state index contributed by atoms with van der Waals surface area (Å²) in [5.41, 5.74) is 2.94. The van der Waals surface area contributed by atoms with Crippen LogP contribution in [0.15, 0.2) is 48.5 Å². The first-order valence-electron chi connectivity index (χ1n) is 7.15. The number of fused-ring (bicyclic) bond motifs is 4. The lowest BCUT2D eigenvalue weighted by Crippen LogP contribution is -2.19. The van der Waals surface area contributed by atoms with E-state index in [1.807, 2.05) is 24.3 Å². The van der Waals surface area contributed by atoms with Gasteiger partial charge in [0.1, 0.15) is 12.2 Å². The lowest BCUT2D eigenvalue weighted by Gasteiger charge is -2.24. The maximum Gasteiger partial charge on any atom is 0.109 e. The Morgan fingerprint density at radius 2 is 1.57 bits per heavy atom. The predicted molar refractivity (Wildman–Crippen MR) is 86.2 cm³/mol. The van der Waals surface area contributed by atoms with Crippen molar-refractivity contribution in [1.29, 1.82) is 0 Å². The molecule has 3 aromatic carbocycles. The summed E-state index contributed by atoms with van der Waals surface area (Å²) in [6.07, 6.45) is 1.91. The molecule has 0 saturated carbocycles. The van der Waals surface area contributed by atoms with Crippen LogP contribution in [0, 0.1) is 6.92 Å². The molecule has 0 saturated heterocycles. The number of rotatable bonds is 0. The van der Waals surface area contributed by atoms with Crippen molar-refractivity contribution in [2.45, 2.75) is 19.1 Å². The van der Waals surface area contributed by atoms with Crippen molar-refractivity contribution in [3.63, 3.8) is 0 Å². The molecule has 2 N–H and O–H groups in total. The van der Waals surface area contributed by atoms with Crippen molar-refractivity contribution in [3.05, 3.63) is 65.2 Å². The maximum atomic E-state index is 10.2. The Balaban J connectivity index is 2.15. The van der Waals surface area contributed by atoms with E-state index >= 15 is 0 Å². The number of benzene rings is 3. The standard InChI is InChI=1S/C19H16O2/c1-11-8-17-14(6-7-18(20)19(17)21)16-10-13-5-3-2-4-12(13)9-15(11)16/h2-10,18-21H,1H3/t18-,19-/m0/s1. The van der Waals surface area contributed by atoms with Crippen molar-refractivity contribution < 1.29 is 10.2 Å². The zero-order valence-corrected chi connectivity index (χ0v) is 11.7. The van der Waals surface area contributed by atoms with E-state index in [2.05, 4.69) is 31.2 Å². The van der Waals surface area contributed by atoms with Crippen LogP contribution in [0.5, 0.6) is 0 Å². The lowest BCUT2D eigenvalue weighted by atomic mass is 9.86. The fraction of sp³-hybridized carbons (Fsp3) is 0.158. The first-order valence-corrected chi connectivity index (χ1v) is 7.15. The second-order valence-electron chi connectivity index (χ2n) is 5.74. The molecule has 0 bridgehead atoms. The summed E-state index contributed by atoms with van der Waals surface area (Å²) < 4.78 is 0. The highest BCUT2D eigenvalue weighted by Crippen LogP contribution is 2.37. The summed E-state index contributed by atoms with van der Waals surface area (Å²) in [5, 5.41) is 24.8. The minimum absolute atomic E-state index is 0.810. The molecule has 2 nitrogen and oxygen atoms in total. The van der Waals surface area contributed by atoms with Gasteiger partial charge in [-0.2, -0.15) is 0 Å². The highest BCUT2D eigenvalue weighted by Gasteiger charge is 2.24. The van der Waals surface area contributed by atoms with Crippen LogP contribution in [0.25, 0.3) is 27.6 Å². The Morgan fingerprint density at radius 3 is 2.29 bits per heavy atom. The van der Waals surface area contributed by atoms with E-state index in [-0.39, 0.29) is 0 Å². The molecule has 1 aliphatic carbocycles. The van der Waals surface area contributed by atoms with Crippen LogP contribution in [0.4, 0.5) is 0 Å². The number of hydrogen-bond donors (Lipinski definition) is 2. The van der Waals surface area contributed by atoms with E-state index in [0.717, 1.165) is 22.1 Å². The minimum atomic E-state index is -0.848. The third-order valence-electron chi connectivity index (χ3n) is 4.39. The molecule has 4 rings (SSSR count). The van der Waals surface area contributed by atoms with Crippen molar-refractivity contribution in [2.24, 2.45) is 0 Å². The van der Waals surface area contributed by atoms with Gasteiger partial charge in [0.25, 0.3) is 0 Å². The SMILES string of the molecule is Cc1cc2c(c3cc4ccccc4cc13)C=C[C@H](O)[C@H]2O. The molecule has 0 radical (unpaired) electrons. The van der Waals surface area contributed by atoms with Gasteiger partial charge in [0.15, 0.2) is 0 Å². The Kier molecular flexibility index (Phi) is 2.64. The molecular formula is C19H16O2. The van der Waals surface area contributed by atoms with Gasteiger partial charge < -0.3 is 10.2 Å². The quantitative estimate of drug-likeness (QED) is 0.614. The van der Waals surface area contributed by atoms with Crippen LogP contribution < -0.4 is 0 Å². The van der Waals surface area contributed by atoms with Crippen LogP contribution >= 0.6 is 0 Å². The fourth-order valence-corrected chi connectivity index (χ4v) is 3.25. The van der Waals surface area contributed by atoms with Crippen LogP contribution in [0.1, 0.15) is 22.8 Å². The van der Waals surface area contributed by atoms with Gasteiger partial charge in [-0.1, -0.05) is 42.5 Å². The zero-order valence-electron chi connectivity index (χ0n) is 11.7. The smallest absolute Gasteiger partial charge is 0.109 e. The second kappa shape index (κ2) is 4.42. The normalized spacial score (nSPS) is 20.9. The summed E-state index contributed by atoms with van der Waals surface area (Å²) in [6, 6.07) is 14.6. The van der Waals surface area contributed by atoms with Crippen LogP contribution in [0.3, 0.4) is 0 Å². The average molecular weight is 276 g/mol. The highest BCUT2D eigenvalue weighted by molar-refractivity contribution is 6.04. The third kappa shape index (κ3) is 1.80. The van der Waals surface area contributed by atoms with Crippen molar-refractivity contribution >= 4 is 27.6 Å². The van der Waals surface area contributed by atoms with E-state index in [9.17, 15) is 10.2 Å². The van der Waals surface area contributed by atoms with Crippen LogP contribution in [0.2, 0.25) is 0 Å². The second-order valence-corrected chi connectivity index (χ2v) is 5.74. The maximum absolute atomic E-state index is 10.2. The largest absolute Gasteiger partial charge is 0.386 e. The Morgan fingerprint density at radius 1 is 0.905 bits per heavy atom. The summed E-state index contributed by atoms with van der Waals surface area (Å²) in [4.78, 5) is 0. The average Bonchev–Trinajstić information content (AvgIpc) is 2.50. The number of aliphatic hydroxyl groups excluding tert-OH is 2. The lowest BCUT2D eigenvalue weighted by molar-refractivity contribution is 0.0471. The van der Waals surface area contributed by atoms with Crippen LogP contribution in [-0.2, 0) is 0 Å². The van der Waals surface area contributed by atoms with Gasteiger partial charge in [-0.15, -0.1) is 0 Å². The Labute approximate surface area is 123 Å². The van der Waals surface area contributed by atoms with E-state index in [1.165, 1.54) is 16.2 Å². The van der Waals surface area contributed by atoms with Crippen LogP contribution in [-0.4, -0.2) is 16.3 Å². The van der Waals surface area contributed by atoms with Gasteiger partial charge in [-0.05, 0) is 57.3 Å². The zero-order chi connectivity index (χ0) is 14.6. The van der Waals surface area contributed by atoms with Gasteiger partial charge in [-0.3, -0.25) is 0 Å². The molecule has 0 aliphatic heterocycles. The van der Waals surface area contributed by atoms with E-state index < -0.39 is 12.2 Å². The molecule has 0 unspecified atom stereocenters. The summed E-state index contributed by atoms with van der Waals surface area (Å²) in [6.45, 7) is 2.05. The van der Waals surface area contributed by atoms with E-state index in [4.69, 9.17) is 0 Å². The molecule has 0 aromatic heterocycles. The molecule has 0 amide bonds. The molecule has 104 valence electrons. The Bertz CT molecular complexity index is 893. The predicted octanol–water partition coefficient (Wildman–Crippen LogP) is 3.72. The molecule has 0 fully saturated rings. The molecule has 1 aliphatic rings. The molecular weight excluding hydrogens is 260 g/mol. The topological polar surface area (TPSA) is 40.5 Å². The van der Waals surface area contributed by atoms with Gasteiger partial charge >= 0.3 is 0 Å². The molecule has 0 spiro atoms. The summed E-state index contributed by atoms with van der Waals surface area (Å²) in [5.74, 6) is 0. The van der Waals surface area contributed by atoms with Gasteiger partial charge in [-0.25, -0.2) is 0 Å². The minimum Gasteiger partial charge on any atom is -0.386 e.